The maximum Gasteiger partial charge on any atom is 0.267 e. The molecule has 0 aromatic rings. The van der Waals surface area contributed by atoms with Crippen LogP contribution in [0.25, 0.3) is 0 Å². The zero-order valence-electron chi connectivity index (χ0n) is 17.4. The fourth-order valence-corrected chi connectivity index (χ4v) is 3.56. The molecular formula is C16H35Cl3O8S2. The molecule has 0 amide bonds. The molecule has 0 heterocycles. The van der Waals surface area contributed by atoms with Crippen LogP contribution in [-0.4, -0.2) is 79.8 Å². The second kappa shape index (κ2) is 17.2. The van der Waals surface area contributed by atoms with Crippen molar-refractivity contribution in [3.63, 3.8) is 0 Å². The van der Waals surface area contributed by atoms with Crippen LogP contribution in [0.3, 0.4) is 0 Å². The minimum Gasteiger partial charge on any atom is -0.396 e. The van der Waals surface area contributed by atoms with Gasteiger partial charge in [-0.05, 0) is 47.0 Å². The topological polar surface area (TPSA) is 138 Å². The van der Waals surface area contributed by atoms with Crippen molar-refractivity contribution in [1.29, 1.82) is 0 Å². The smallest absolute Gasteiger partial charge is 0.267 e. The minimum atomic E-state index is -3.46. The molecule has 0 aliphatic carbocycles. The predicted molar refractivity (Wildman–Crippen MR) is 119 cm³/mol. The van der Waals surface area contributed by atoms with E-state index in [4.69, 9.17) is 44.1 Å². The Kier molecular flexibility index (Phi) is 20.3. The molecule has 0 aromatic carbocycles. The number of aliphatic hydroxyl groups is 3. The van der Waals surface area contributed by atoms with E-state index in [0.29, 0.717) is 31.0 Å². The minimum absolute atomic E-state index is 0.00805. The summed E-state index contributed by atoms with van der Waals surface area (Å²) in [6, 6.07) is 0. The van der Waals surface area contributed by atoms with Crippen LogP contribution in [0.15, 0.2) is 0 Å². The third kappa shape index (κ3) is 39.6. The molecule has 3 N–H and O–H groups in total. The van der Waals surface area contributed by atoms with Gasteiger partial charge in [-0.1, -0.05) is 0 Å². The molecule has 0 rings (SSSR count). The Bertz CT molecular complexity index is 582. The highest BCUT2D eigenvalue weighted by atomic mass is 35.7. The molecule has 0 bridgehead atoms. The SMILES string of the molecule is CC(C)(O)CCO.CC(C)(O)CCOS(=O)(=O)CCCCl.O=S(=O)(Cl)CCCCl. The Balaban J connectivity index is -0.000000383. The summed E-state index contributed by atoms with van der Waals surface area (Å²) in [5.74, 6) is 0.542. The van der Waals surface area contributed by atoms with Crippen molar-refractivity contribution in [3.05, 3.63) is 0 Å². The van der Waals surface area contributed by atoms with E-state index in [9.17, 15) is 21.9 Å². The van der Waals surface area contributed by atoms with Crippen LogP contribution in [0.5, 0.6) is 0 Å². The fourth-order valence-electron chi connectivity index (χ4n) is 1.21. The standard InChI is InChI=1S/C8H17ClO4S.C5H12O2.C3H6Cl2O2S/c1-8(2,10)4-6-13-14(11,12)7-3-5-9;1-5(2,7)3-4-6;4-2-1-3-8(5,6)7/h10H,3-7H2,1-2H3;6-7H,3-4H2,1-2H3;1-3H2. The molecule has 0 aliphatic heterocycles. The highest BCUT2D eigenvalue weighted by molar-refractivity contribution is 8.13. The van der Waals surface area contributed by atoms with Gasteiger partial charge in [0.1, 0.15) is 0 Å². The van der Waals surface area contributed by atoms with Crippen molar-refractivity contribution in [1.82, 2.24) is 0 Å². The lowest BCUT2D eigenvalue weighted by Gasteiger charge is -2.16. The monoisotopic (exact) mass is 524 g/mol. The number of rotatable bonds is 12. The normalized spacial score (nSPS) is 12.5. The largest absolute Gasteiger partial charge is 0.396 e. The average Bonchev–Trinajstić information content (AvgIpc) is 2.49. The highest BCUT2D eigenvalue weighted by Gasteiger charge is 2.16. The second-order valence-corrected chi connectivity index (χ2v) is 12.7. The predicted octanol–water partition coefficient (Wildman–Crippen LogP) is 2.45. The van der Waals surface area contributed by atoms with Crippen molar-refractivity contribution in [3.8, 4) is 0 Å². The van der Waals surface area contributed by atoms with Crippen LogP contribution >= 0.6 is 33.9 Å². The first-order valence-electron chi connectivity index (χ1n) is 8.86. The Morgan fingerprint density at radius 2 is 1.24 bits per heavy atom. The lowest BCUT2D eigenvalue weighted by atomic mass is 10.1. The summed E-state index contributed by atoms with van der Waals surface area (Å²) in [4.78, 5) is 0. The Hall–Kier alpha value is 0.610. The number of alkyl halides is 2. The van der Waals surface area contributed by atoms with Gasteiger partial charge in [0, 0.05) is 35.5 Å². The van der Waals surface area contributed by atoms with E-state index >= 15 is 0 Å². The van der Waals surface area contributed by atoms with Crippen molar-refractivity contribution >= 4 is 53.1 Å². The van der Waals surface area contributed by atoms with Crippen molar-refractivity contribution in [2.45, 2.75) is 64.6 Å². The van der Waals surface area contributed by atoms with E-state index in [1.807, 2.05) is 0 Å². The molecule has 0 radical (unpaired) electrons. The maximum atomic E-state index is 11.1. The van der Waals surface area contributed by atoms with Gasteiger partial charge in [0.05, 0.1) is 29.3 Å². The first-order chi connectivity index (χ1) is 12.9. The van der Waals surface area contributed by atoms with Gasteiger partial charge in [0.25, 0.3) is 10.1 Å². The number of aliphatic hydroxyl groups excluding tert-OH is 1. The first kappa shape index (κ1) is 34.2. The zero-order chi connectivity index (χ0) is 23.8. The van der Waals surface area contributed by atoms with Gasteiger partial charge in [-0.15, -0.1) is 23.2 Å². The van der Waals surface area contributed by atoms with E-state index in [0.717, 1.165) is 0 Å². The molecule has 0 aliphatic rings. The van der Waals surface area contributed by atoms with Crippen LogP contribution in [-0.2, 0) is 23.4 Å². The molecule has 0 aromatic heterocycles. The number of hydrogen-bond acceptors (Lipinski definition) is 8. The Morgan fingerprint density at radius 3 is 1.48 bits per heavy atom. The molecule has 0 spiro atoms. The van der Waals surface area contributed by atoms with E-state index in [1.165, 1.54) is 0 Å². The quantitative estimate of drug-likeness (QED) is 0.201. The molecule has 0 atom stereocenters. The maximum absolute atomic E-state index is 11.1. The van der Waals surface area contributed by atoms with Crippen LogP contribution in [0, 0.1) is 0 Å². The number of hydrogen-bond donors (Lipinski definition) is 3. The molecule has 0 saturated heterocycles. The average molecular weight is 526 g/mol. The van der Waals surface area contributed by atoms with E-state index in [-0.39, 0.29) is 31.1 Å². The molecule has 180 valence electrons. The fraction of sp³-hybridized carbons (Fsp3) is 1.00. The molecular weight excluding hydrogens is 491 g/mol. The van der Waals surface area contributed by atoms with E-state index in [1.54, 1.807) is 27.7 Å². The third-order valence-electron chi connectivity index (χ3n) is 2.75. The van der Waals surface area contributed by atoms with Crippen molar-refractivity contribution in [2.24, 2.45) is 0 Å². The molecule has 0 unspecified atom stereocenters. The van der Waals surface area contributed by atoms with Gasteiger partial charge in [0.2, 0.25) is 9.05 Å². The van der Waals surface area contributed by atoms with Crippen LogP contribution < -0.4 is 0 Å². The van der Waals surface area contributed by atoms with E-state index < -0.39 is 30.4 Å². The van der Waals surface area contributed by atoms with Crippen molar-refractivity contribution < 1.29 is 36.3 Å². The van der Waals surface area contributed by atoms with Gasteiger partial charge >= 0.3 is 0 Å². The summed E-state index contributed by atoms with van der Waals surface area (Å²) in [6.07, 6.45) is 1.54. The second-order valence-electron chi connectivity index (χ2n) is 7.26. The lowest BCUT2D eigenvalue weighted by Crippen LogP contribution is -2.22. The van der Waals surface area contributed by atoms with Gasteiger partial charge in [-0.3, -0.25) is 4.18 Å². The van der Waals surface area contributed by atoms with E-state index in [2.05, 4.69) is 4.18 Å². The van der Waals surface area contributed by atoms with Gasteiger partial charge in [0.15, 0.2) is 0 Å². The van der Waals surface area contributed by atoms with Crippen LogP contribution in [0.4, 0.5) is 0 Å². The summed E-state index contributed by atoms with van der Waals surface area (Å²) in [7, 11) is -1.93. The summed E-state index contributed by atoms with van der Waals surface area (Å²) in [5.41, 5.74) is -1.60. The molecule has 0 fully saturated rings. The molecule has 13 heteroatoms. The molecule has 8 nitrogen and oxygen atoms in total. The number of halogens is 3. The summed E-state index contributed by atoms with van der Waals surface area (Å²) in [5, 5.41) is 26.4. The van der Waals surface area contributed by atoms with Gasteiger partial charge < -0.3 is 15.3 Å². The zero-order valence-corrected chi connectivity index (χ0v) is 21.3. The lowest BCUT2D eigenvalue weighted by molar-refractivity contribution is 0.0514. The summed E-state index contributed by atoms with van der Waals surface area (Å²) in [6.45, 7) is 6.60. The van der Waals surface area contributed by atoms with Crippen LogP contribution in [0.1, 0.15) is 53.4 Å². The summed E-state index contributed by atoms with van der Waals surface area (Å²) < 4.78 is 47.1. The highest BCUT2D eigenvalue weighted by Crippen LogP contribution is 2.08. The molecule has 29 heavy (non-hydrogen) atoms. The first-order valence-corrected chi connectivity index (χ1v) is 14.0. The Morgan fingerprint density at radius 1 is 0.828 bits per heavy atom. The van der Waals surface area contributed by atoms with Crippen LogP contribution in [0.2, 0.25) is 0 Å². The molecule has 0 saturated carbocycles. The van der Waals surface area contributed by atoms with Crippen molar-refractivity contribution in [2.75, 3.05) is 36.5 Å². The third-order valence-corrected chi connectivity index (χ3v) is 5.84. The summed E-state index contributed by atoms with van der Waals surface area (Å²) >= 11 is 10.5. The van der Waals surface area contributed by atoms with Gasteiger partial charge in [-0.25, -0.2) is 8.42 Å². The van der Waals surface area contributed by atoms with Gasteiger partial charge in [-0.2, -0.15) is 8.42 Å². The Labute approximate surface area is 190 Å².